The summed E-state index contributed by atoms with van der Waals surface area (Å²) in [7, 11) is 1.91. The van der Waals surface area contributed by atoms with Gasteiger partial charge in [0.15, 0.2) is 0 Å². The third-order valence-corrected chi connectivity index (χ3v) is 3.29. The van der Waals surface area contributed by atoms with Crippen molar-refractivity contribution in [2.24, 2.45) is 7.05 Å². The van der Waals surface area contributed by atoms with Crippen LogP contribution in [0.3, 0.4) is 0 Å². The highest BCUT2D eigenvalue weighted by Crippen LogP contribution is 2.20. The molecule has 20 heavy (non-hydrogen) atoms. The number of hydrogen-bond donors (Lipinski definition) is 1. The van der Waals surface area contributed by atoms with Crippen molar-refractivity contribution < 1.29 is 4.39 Å². The lowest BCUT2D eigenvalue weighted by Gasteiger charge is -2.19. The summed E-state index contributed by atoms with van der Waals surface area (Å²) in [5.74, 6) is -0.177. The fraction of sp³-hybridized carbons (Fsp3) is 0.438. The number of aromatic nitrogens is 2. The summed E-state index contributed by atoms with van der Waals surface area (Å²) in [6.45, 7) is 4.96. The molecular formula is C16H22FN3. The molecule has 1 heterocycles. The molecule has 2 rings (SSSR count). The van der Waals surface area contributed by atoms with Crippen LogP contribution in [0.2, 0.25) is 0 Å². The molecule has 0 aliphatic carbocycles. The molecule has 0 radical (unpaired) electrons. The minimum atomic E-state index is -0.177. The lowest BCUT2D eigenvalue weighted by atomic mass is 10.00. The average molecular weight is 275 g/mol. The summed E-state index contributed by atoms with van der Waals surface area (Å²) in [6, 6.07) is 7.32. The molecule has 2 aromatic rings. The number of benzene rings is 1. The van der Waals surface area contributed by atoms with E-state index in [1.807, 2.05) is 32.3 Å². The SMILES string of the molecule is CCCNC(Cc1ccn(C)n1)c1cc(C)cc(F)c1. The maximum atomic E-state index is 13.6. The van der Waals surface area contributed by atoms with Gasteiger partial charge in [-0.15, -0.1) is 0 Å². The van der Waals surface area contributed by atoms with E-state index < -0.39 is 0 Å². The summed E-state index contributed by atoms with van der Waals surface area (Å²) in [4.78, 5) is 0. The molecule has 0 bridgehead atoms. The van der Waals surface area contributed by atoms with Crippen molar-refractivity contribution in [1.82, 2.24) is 15.1 Å². The Morgan fingerprint density at radius 3 is 2.75 bits per heavy atom. The Labute approximate surface area is 119 Å². The van der Waals surface area contributed by atoms with E-state index in [0.29, 0.717) is 0 Å². The van der Waals surface area contributed by atoms with Gasteiger partial charge in [0.2, 0.25) is 0 Å². The summed E-state index contributed by atoms with van der Waals surface area (Å²) >= 11 is 0. The molecule has 3 nitrogen and oxygen atoms in total. The van der Waals surface area contributed by atoms with Crippen molar-refractivity contribution in [3.8, 4) is 0 Å². The average Bonchev–Trinajstić information content (AvgIpc) is 2.79. The predicted octanol–water partition coefficient (Wildman–Crippen LogP) is 3.15. The van der Waals surface area contributed by atoms with Crippen LogP contribution in [0.1, 0.15) is 36.2 Å². The summed E-state index contributed by atoms with van der Waals surface area (Å²) < 4.78 is 15.4. The molecule has 0 spiro atoms. The van der Waals surface area contributed by atoms with E-state index >= 15 is 0 Å². The monoisotopic (exact) mass is 275 g/mol. The Morgan fingerprint density at radius 2 is 2.15 bits per heavy atom. The van der Waals surface area contributed by atoms with Gasteiger partial charge in [-0.25, -0.2) is 4.39 Å². The topological polar surface area (TPSA) is 29.9 Å². The van der Waals surface area contributed by atoms with E-state index in [1.165, 1.54) is 0 Å². The van der Waals surface area contributed by atoms with Crippen molar-refractivity contribution in [1.29, 1.82) is 0 Å². The van der Waals surface area contributed by atoms with E-state index in [1.54, 1.807) is 16.8 Å². The maximum Gasteiger partial charge on any atom is 0.123 e. The summed E-state index contributed by atoms with van der Waals surface area (Å²) in [6.07, 6.45) is 3.75. The molecule has 0 fully saturated rings. The lowest BCUT2D eigenvalue weighted by Crippen LogP contribution is -2.24. The molecule has 0 amide bonds. The third-order valence-electron chi connectivity index (χ3n) is 3.29. The first kappa shape index (κ1) is 14.7. The second kappa shape index (κ2) is 6.66. The van der Waals surface area contributed by atoms with Crippen molar-refractivity contribution in [2.75, 3.05) is 6.54 Å². The number of rotatable bonds is 6. The van der Waals surface area contributed by atoms with Crippen LogP contribution in [0, 0.1) is 12.7 Å². The van der Waals surface area contributed by atoms with Crippen molar-refractivity contribution in [3.63, 3.8) is 0 Å². The molecular weight excluding hydrogens is 253 g/mol. The fourth-order valence-electron chi connectivity index (χ4n) is 2.37. The smallest absolute Gasteiger partial charge is 0.123 e. The van der Waals surface area contributed by atoms with Gasteiger partial charge < -0.3 is 5.32 Å². The van der Waals surface area contributed by atoms with Gasteiger partial charge in [-0.3, -0.25) is 4.68 Å². The molecule has 1 unspecified atom stereocenters. The highest BCUT2D eigenvalue weighted by molar-refractivity contribution is 5.27. The van der Waals surface area contributed by atoms with E-state index in [2.05, 4.69) is 17.3 Å². The van der Waals surface area contributed by atoms with Crippen LogP contribution in [0.25, 0.3) is 0 Å². The van der Waals surface area contributed by atoms with Crippen LogP contribution in [0.5, 0.6) is 0 Å². The highest BCUT2D eigenvalue weighted by Gasteiger charge is 2.14. The van der Waals surface area contributed by atoms with Gasteiger partial charge >= 0.3 is 0 Å². The normalized spacial score (nSPS) is 12.6. The molecule has 1 aromatic carbocycles. The van der Waals surface area contributed by atoms with E-state index in [9.17, 15) is 4.39 Å². The Kier molecular flexibility index (Phi) is 4.90. The van der Waals surface area contributed by atoms with Crippen LogP contribution >= 0.6 is 0 Å². The van der Waals surface area contributed by atoms with Gasteiger partial charge in [-0.05, 0) is 49.2 Å². The van der Waals surface area contributed by atoms with Crippen molar-refractivity contribution >= 4 is 0 Å². The molecule has 1 atom stereocenters. The van der Waals surface area contributed by atoms with Gasteiger partial charge in [0.05, 0.1) is 5.69 Å². The highest BCUT2D eigenvalue weighted by atomic mass is 19.1. The molecule has 0 saturated heterocycles. The molecule has 1 N–H and O–H groups in total. The second-order valence-corrected chi connectivity index (χ2v) is 5.25. The van der Waals surface area contributed by atoms with Gasteiger partial charge in [0.25, 0.3) is 0 Å². The molecule has 4 heteroatoms. The minimum Gasteiger partial charge on any atom is -0.310 e. The quantitative estimate of drug-likeness (QED) is 0.877. The summed E-state index contributed by atoms with van der Waals surface area (Å²) in [5.41, 5.74) is 2.95. The Bertz CT molecular complexity index is 542. The van der Waals surface area contributed by atoms with Crippen LogP contribution in [-0.2, 0) is 13.5 Å². The number of hydrogen-bond acceptors (Lipinski definition) is 2. The number of nitrogens with zero attached hydrogens (tertiary/aromatic N) is 2. The largest absolute Gasteiger partial charge is 0.310 e. The van der Waals surface area contributed by atoms with E-state index in [-0.39, 0.29) is 11.9 Å². The van der Waals surface area contributed by atoms with Crippen LogP contribution < -0.4 is 5.32 Å². The standard InChI is InChI=1S/C16H22FN3/c1-4-6-18-16(11-15-5-7-20(3)19-15)13-8-12(2)9-14(17)10-13/h5,7-10,16,18H,4,6,11H2,1-3H3. The number of nitrogens with one attached hydrogen (secondary N) is 1. The third kappa shape index (κ3) is 3.90. The molecule has 0 aliphatic rings. The molecule has 0 saturated carbocycles. The van der Waals surface area contributed by atoms with E-state index in [0.717, 1.165) is 36.2 Å². The first-order valence-electron chi connectivity index (χ1n) is 7.07. The van der Waals surface area contributed by atoms with Crippen molar-refractivity contribution in [3.05, 3.63) is 53.1 Å². The van der Waals surface area contributed by atoms with Gasteiger partial charge in [0, 0.05) is 25.7 Å². The first-order valence-corrected chi connectivity index (χ1v) is 7.07. The lowest BCUT2D eigenvalue weighted by molar-refractivity contribution is 0.516. The molecule has 1 aromatic heterocycles. The zero-order chi connectivity index (χ0) is 14.5. The Hall–Kier alpha value is -1.68. The second-order valence-electron chi connectivity index (χ2n) is 5.25. The van der Waals surface area contributed by atoms with E-state index in [4.69, 9.17) is 0 Å². The molecule has 108 valence electrons. The van der Waals surface area contributed by atoms with Crippen LogP contribution in [-0.4, -0.2) is 16.3 Å². The zero-order valence-electron chi connectivity index (χ0n) is 12.4. The van der Waals surface area contributed by atoms with Crippen molar-refractivity contribution in [2.45, 2.75) is 32.7 Å². The predicted molar refractivity (Wildman–Crippen MR) is 79.1 cm³/mol. The maximum absolute atomic E-state index is 13.6. The van der Waals surface area contributed by atoms with Crippen LogP contribution in [0.15, 0.2) is 30.5 Å². The van der Waals surface area contributed by atoms with Gasteiger partial charge in [0.1, 0.15) is 5.82 Å². The molecule has 0 aliphatic heterocycles. The minimum absolute atomic E-state index is 0.0965. The zero-order valence-corrected chi connectivity index (χ0v) is 12.4. The Balaban J connectivity index is 2.21. The summed E-state index contributed by atoms with van der Waals surface area (Å²) in [5, 5.41) is 7.89. The number of aryl methyl sites for hydroxylation is 2. The van der Waals surface area contributed by atoms with Gasteiger partial charge in [-0.1, -0.05) is 13.0 Å². The first-order chi connectivity index (χ1) is 9.58. The van der Waals surface area contributed by atoms with Gasteiger partial charge in [-0.2, -0.15) is 5.10 Å². The Morgan fingerprint density at radius 1 is 1.35 bits per heavy atom. The fourth-order valence-corrected chi connectivity index (χ4v) is 2.37. The number of halogens is 1. The van der Waals surface area contributed by atoms with Crippen LogP contribution in [0.4, 0.5) is 4.39 Å².